The average Bonchev–Trinajstić information content (AvgIpc) is 3.16. The average molecular weight is 584 g/mol. The zero-order valence-corrected chi connectivity index (χ0v) is 24.3. The van der Waals surface area contributed by atoms with Gasteiger partial charge in [0.05, 0.1) is 27.5 Å². The van der Waals surface area contributed by atoms with Crippen LogP contribution in [0.15, 0.2) is 82.8 Å². The predicted molar refractivity (Wildman–Crippen MR) is 158 cm³/mol. The van der Waals surface area contributed by atoms with Gasteiger partial charge in [-0.15, -0.1) is 0 Å². The molecular weight excluding hydrogens is 555 g/mol. The van der Waals surface area contributed by atoms with Crippen molar-refractivity contribution in [2.75, 3.05) is 10.8 Å². The fourth-order valence-corrected chi connectivity index (χ4v) is 6.00. The largest absolute Gasteiger partial charge is 0.316 e. The minimum Gasteiger partial charge on any atom is -0.316 e. The summed E-state index contributed by atoms with van der Waals surface area (Å²) in [6, 6.07) is 20.6. The van der Waals surface area contributed by atoms with E-state index in [0.717, 1.165) is 38.1 Å². The third-order valence-corrected chi connectivity index (χ3v) is 8.54. The maximum atomic E-state index is 13.5. The SMILES string of the molecule is Cc1ccc(S(=O)(=O)N(CC(=O)N/N=C\c2cc(C)n(-c3cc(Cl)ccc3Cl)c2C)c2cccc(C)c2)cc1. The maximum absolute atomic E-state index is 13.5. The first-order valence-corrected chi connectivity index (χ1v) is 14.3. The highest BCUT2D eigenvalue weighted by atomic mass is 35.5. The Kier molecular flexibility index (Phi) is 8.49. The van der Waals surface area contributed by atoms with Crippen molar-refractivity contribution in [3.63, 3.8) is 0 Å². The van der Waals surface area contributed by atoms with E-state index in [1.54, 1.807) is 48.5 Å². The zero-order chi connectivity index (χ0) is 28.3. The van der Waals surface area contributed by atoms with Gasteiger partial charge in [0, 0.05) is 22.0 Å². The van der Waals surface area contributed by atoms with Gasteiger partial charge in [-0.2, -0.15) is 5.10 Å². The molecule has 1 amide bonds. The van der Waals surface area contributed by atoms with Gasteiger partial charge in [-0.3, -0.25) is 9.10 Å². The number of hydrogen-bond acceptors (Lipinski definition) is 4. The van der Waals surface area contributed by atoms with E-state index in [2.05, 4.69) is 10.5 Å². The molecule has 7 nitrogen and oxygen atoms in total. The van der Waals surface area contributed by atoms with Gasteiger partial charge in [0.15, 0.2) is 0 Å². The number of anilines is 1. The topological polar surface area (TPSA) is 83.8 Å². The minimum absolute atomic E-state index is 0.0954. The van der Waals surface area contributed by atoms with E-state index in [1.165, 1.54) is 18.3 Å². The van der Waals surface area contributed by atoms with Crippen LogP contribution >= 0.6 is 23.2 Å². The molecule has 0 atom stereocenters. The van der Waals surface area contributed by atoms with E-state index >= 15 is 0 Å². The third kappa shape index (κ3) is 6.36. The number of nitrogens with zero attached hydrogens (tertiary/aromatic N) is 3. The number of carbonyl (C=O) groups excluding carboxylic acids is 1. The lowest BCUT2D eigenvalue weighted by Crippen LogP contribution is -2.39. The number of rotatable bonds is 8. The number of aryl methyl sites for hydroxylation is 3. The summed E-state index contributed by atoms with van der Waals surface area (Å²) in [4.78, 5) is 13.0. The maximum Gasteiger partial charge on any atom is 0.264 e. The van der Waals surface area contributed by atoms with Crippen molar-refractivity contribution < 1.29 is 13.2 Å². The van der Waals surface area contributed by atoms with Crippen LogP contribution in [0.3, 0.4) is 0 Å². The molecule has 4 rings (SSSR count). The summed E-state index contributed by atoms with van der Waals surface area (Å²) in [6.45, 7) is 7.11. The monoisotopic (exact) mass is 582 g/mol. The highest BCUT2D eigenvalue weighted by Gasteiger charge is 2.27. The van der Waals surface area contributed by atoms with Crippen molar-refractivity contribution in [3.05, 3.63) is 111 Å². The molecule has 1 heterocycles. The van der Waals surface area contributed by atoms with Crippen molar-refractivity contribution >= 4 is 51.0 Å². The highest BCUT2D eigenvalue weighted by Crippen LogP contribution is 2.29. The molecule has 10 heteroatoms. The van der Waals surface area contributed by atoms with E-state index < -0.39 is 22.5 Å². The number of hydrogen-bond donors (Lipinski definition) is 1. The molecule has 0 aliphatic rings. The molecule has 0 aliphatic heterocycles. The molecule has 0 saturated heterocycles. The summed E-state index contributed by atoms with van der Waals surface area (Å²) >= 11 is 12.6. The first-order chi connectivity index (χ1) is 18.5. The van der Waals surface area contributed by atoms with Crippen molar-refractivity contribution in [1.29, 1.82) is 0 Å². The number of benzene rings is 3. The molecule has 1 aromatic heterocycles. The molecular formula is C29H28Cl2N4O3S. The number of aromatic nitrogens is 1. The van der Waals surface area contributed by atoms with Crippen LogP contribution < -0.4 is 9.73 Å². The van der Waals surface area contributed by atoms with Gasteiger partial charge in [0.2, 0.25) is 0 Å². The first-order valence-electron chi connectivity index (χ1n) is 12.1. The summed E-state index contributed by atoms with van der Waals surface area (Å²) in [5, 5.41) is 5.21. The second-order valence-electron chi connectivity index (χ2n) is 9.21. The molecule has 0 radical (unpaired) electrons. The molecule has 202 valence electrons. The van der Waals surface area contributed by atoms with Crippen LogP contribution in [0.5, 0.6) is 0 Å². The van der Waals surface area contributed by atoms with Crippen LogP contribution in [0.2, 0.25) is 10.0 Å². The lowest BCUT2D eigenvalue weighted by molar-refractivity contribution is -0.119. The smallest absolute Gasteiger partial charge is 0.264 e. The standard InChI is InChI=1S/C29H28Cl2N4O3S/c1-19-8-11-26(12-9-19)39(37,38)34(25-7-5-6-20(2)14-25)18-29(36)33-32-17-23-15-21(3)35(22(23)4)28-16-24(30)10-13-27(28)31/h5-17H,18H2,1-4H3,(H,33,36)/b32-17-. The zero-order valence-electron chi connectivity index (χ0n) is 21.9. The van der Waals surface area contributed by atoms with Crippen LogP contribution in [0.4, 0.5) is 5.69 Å². The fourth-order valence-electron chi connectivity index (χ4n) is 4.22. The molecule has 3 aromatic carbocycles. The summed E-state index contributed by atoms with van der Waals surface area (Å²) in [5.41, 5.74) is 7.88. The number of halogens is 2. The lowest BCUT2D eigenvalue weighted by Gasteiger charge is -2.24. The Morgan fingerprint density at radius 2 is 1.67 bits per heavy atom. The second kappa shape index (κ2) is 11.7. The van der Waals surface area contributed by atoms with Gasteiger partial charge in [0.25, 0.3) is 15.9 Å². The van der Waals surface area contributed by atoms with Gasteiger partial charge < -0.3 is 4.57 Å². The van der Waals surface area contributed by atoms with Crippen LogP contribution in [0.25, 0.3) is 5.69 Å². The quantitative estimate of drug-likeness (QED) is 0.194. The minimum atomic E-state index is -4.01. The van der Waals surface area contributed by atoms with E-state index in [1.807, 2.05) is 44.4 Å². The van der Waals surface area contributed by atoms with Gasteiger partial charge in [-0.05, 0) is 81.8 Å². The third-order valence-electron chi connectivity index (χ3n) is 6.20. The van der Waals surface area contributed by atoms with E-state index in [0.29, 0.717) is 15.7 Å². The number of hydrazone groups is 1. The number of nitrogens with one attached hydrogen (secondary N) is 1. The van der Waals surface area contributed by atoms with Crippen LogP contribution in [0, 0.1) is 27.7 Å². The Morgan fingerprint density at radius 1 is 0.949 bits per heavy atom. The predicted octanol–water partition coefficient (Wildman–Crippen LogP) is 6.36. The number of carbonyl (C=O) groups is 1. The molecule has 0 fully saturated rings. The molecule has 0 unspecified atom stereocenters. The molecule has 4 aromatic rings. The molecule has 0 bridgehead atoms. The van der Waals surface area contributed by atoms with Gasteiger partial charge in [-0.25, -0.2) is 13.8 Å². The second-order valence-corrected chi connectivity index (χ2v) is 11.9. The van der Waals surface area contributed by atoms with Gasteiger partial charge in [-0.1, -0.05) is 53.0 Å². The van der Waals surface area contributed by atoms with Crippen molar-refractivity contribution in [3.8, 4) is 5.69 Å². The Bertz CT molecular complexity index is 1660. The Balaban J connectivity index is 1.57. The van der Waals surface area contributed by atoms with E-state index in [4.69, 9.17) is 23.2 Å². The Morgan fingerprint density at radius 3 is 2.36 bits per heavy atom. The number of amides is 1. The first kappa shape index (κ1) is 28.4. The lowest BCUT2D eigenvalue weighted by atomic mass is 10.2. The van der Waals surface area contributed by atoms with Crippen molar-refractivity contribution in [2.45, 2.75) is 32.6 Å². The Labute approximate surface area is 238 Å². The fraction of sp³-hybridized carbons (Fsp3) is 0.172. The summed E-state index contributed by atoms with van der Waals surface area (Å²) in [5.74, 6) is -0.588. The summed E-state index contributed by atoms with van der Waals surface area (Å²) < 4.78 is 30.1. The molecule has 39 heavy (non-hydrogen) atoms. The van der Waals surface area contributed by atoms with Crippen LogP contribution in [-0.2, 0) is 14.8 Å². The Hall–Kier alpha value is -3.59. The van der Waals surface area contributed by atoms with Crippen LogP contribution in [0.1, 0.15) is 28.1 Å². The van der Waals surface area contributed by atoms with Crippen molar-refractivity contribution in [2.24, 2.45) is 5.10 Å². The van der Waals surface area contributed by atoms with Gasteiger partial charge >= 0.3 is 0 Å². The van der Waals surface area contributed by atoms with E-state index in [-0.39, 0.29) is 4.90 Å². The molecule has 0 aliphatic carbocycles. The van der Waals surface area contributed by atoms with E-state index in [9.17, 15) is 13.2 Å². The van der Waals surface area contributed by atoms with Crippen molar-refractivity contribution in [1.82, 2.24) is 9.99 Å². The normalized spacial score (nSPS) is 11.6. The number of sulfonamides is 1. The molecule has 1 N–H and O–H groups in total. The summed E-state index contributed by atoms with van der Waals surface area (Å²) in [7, 11) is -4.01. The summed E-state index contributed by atoms with van der Waals surface area (Å²) in [6.07, 6.45) is 1.51. The van der Waals surface area contributed by atoms with Gasteiger partial charge in [0.1, 0.15) is 6.54 Å². The molecule has 0 spiro atoms. The van der Waals surface area contributed by atoms with Crippen LogP contribution in [-0.4, -0.2) is 31.7 Å². The molecule has 0 saturated carbocycles. The highest BCUT2D eigenvalue weighted by molar-refractivity contribution is 7.92.